The van der Waals surface area contributed by atoms with Crippen LogP contribution in [-0.2, 0) is 19.6 Å². The number of carbonyl (C=O) groups is 1. The fraction of sp³-hybridized carbons (Fsp3) is 0.562. The van der Waals surface area contributed by atoms with Gasteiger partial charge in [-0.15, -0.1) is 0 Å². The molecule has 5 nitrogen and oxygen atoms in total. The van der Waals surface area contributed by atoms with E-state index in [1.165, 1.54) is 0 Å². The Bertz CT molecular complexity index is 404. The first-order valence-electron chi connectivity index (χ1n) is 7.27. The number of aliphatic hydroxyl groups is 1. The van der Waals surface area contributed by atoms with Gasteiger partial charge >= 0.3 is 5.97 Å². The Morgan fingerprint density at radius 2 is 1.90 bits per heavy atom. The van der Waals surface area contributed by atoms with Crippen LogP contribution in [0.4, 0.5) is 0 Å². The zero-order valence-electron chi connectivity index (χ0n) is 12.8. The van der Waals surface area contributed by atoms with Gasteiger partial charge in [-0.3, -0.25) is 4.89 Å². The minimum Gasteiger partial charge on any atom is -0.393 e. The molecule has 118 valence electrons. The van der Waals surface area contributed by atoms with E-state index in [-0.39, 0.29) is 18.4 Å². The van der Waals surface area contributed by atoms with E-state index in [2.05, 4.69) is 9.93 Å². The molecule has 0 heterocycles. The van der Waals surface area contributed by atoms with Crippen molar-refractivity contribution in [1.82, 2.24) is 0 Å². The Labute approximate surface area is 125 Å². The predicted octanol–water partition coefficient (Wildman–Crippen LogP) is 2.99. The molecule has 0 bridgehead atoms. The van der Waals surface area contributed by atoms with Crippen molar-refractivity contribution < 1.29 is 24.7 Å². The molecule has 5 heteroatoms. The summed E-state index contributed by atoms with van der Waals surface area (Å²) in [6.45, 7) is 5.78. The summed E-state index contributed by atoms with van der Waals surface area (Å²) in [6, 6.07) is 9.40. The third kappa shape index (κ3) is 6.71. The topological polar surface area (TPSA) is 65.0 Å². The zero-order valence-corrected chi connectivity index (χ0v) is 12.8. The highest BCUT2D eigenvalue weighted by atomic mass is 17.5. The molecule has 3 atom stereocenters. The van der Waals surface area contributed by atoms with Crippen LogP contribution >= 0.6 is 0 Å². The van der Waals surface area contributed by atoms with Gasteiger partial charge in [0.2, 0.25) is 0 Å². The number of benzene rings is 1. The Kier molecular flexibility index (Phi) is 7.97. The summed E-state index contributed by atoms with van der Waals surface area (Å²) in [5.74, 6) is -0.739. The minimum absolute atomic E-state index is 0.111. The molecule has 0 saturated heterocycles. The van der Waals surface area contributed by atoms with Crippen LogP contribution in [0.2, 0.25) is 0 Å². The van der Waals surface area contributed by atoms with Gasteiger partial charge in [0.1, 0.15) is 0 Å². The van der Waals surface area contributed by atoms with Crippen LogP contribution < -0.4 is 0 Å². The minimum atomic E-state index is -0.480. The fourth-order valence-corrected chi connectivity index (χ4v) is 2.13. The first-order valence-corrected chi connectivity index (χ1v) is 7.27. The molecule has 0 amide bonds. The van der Waals surface area contributed by atoms with Gasteiger partial charge in [-0.25, -0.2) is 4.79 Å². The highest BCUT2D eigenvalue weighted by Gasteiger charge is 2.21. The Balaban J connectivity index is 2.32. The predicted molar refractivity (Wildman–Crippen MR) is 78.1 cm³/mol. The lowest BCUT2D eigenvalue weighted by Crippen LogP contribution is -2.18. The lowest BCUT2D eigenvalue weighted by atomic mass is 9.97. The molecule has 1 N–H and O–H groups in total. The molecule has 0 aliphatic carbocycles. The monoisotopic (exact) mass is 296 g/mol. The van der Waals surface area contributed by atoms with Gasteiger partial charge in [0.15, 0.2) is 0 Å². The van der Waals surface area contributed by atoms with Gasteiger partial charge in [0, 0.05) is 0 Å². The molecular formula is C16H24O5. The van der Waals surface area contributed by atoms with Crippen molar-refractivity contribution in [3.05, 3.63) is 35.9 Å². The van der Waals surface area contributed by atoms with E-state index in [1.807, 2.05) is 44.2 Å². The number of hydrogen-bond donors (Lipinski definition) is 1. The number of aliphatic hydroxyl groups excluding tert-OH is 1. The second kappa shape index (κ2) is 9.50. The largest absolute Gasteiger partial charge is 0.393 e. The maximum atomic E-state index is 11.9. The summed E-state index contributed by atoms with van der Waals surface area (Å²) >= 11 is 0. The molecule has 0 aliphatic rings. The summed E-state index contributed by atoms with van der Waals surface area (Å²) < 4.78 is 0. The third-order valence-corrected chi connectivity index (χ3v) is 3.16. The molecule has 1 aromatic carbocycles. The van der Waals surface area contributed by atoms with E-state index < -0.39 is 12.1 Å². The molecule has 0 aromatic heterocycles. The number of rotatable bonds is 9. The normalized spacial score (nSPS) is 15.2. The smallest absolute Gasteiger partial charge is 0.353 e. The van der Waals surface area contributed by atoms with Gasteiger partial charge in [0.25, 0.3) is 0 Å². The molecule has 1 rings (SSSR count). The van der Waals surface area contributed by atoms with Crippen molar-refractivity contribution in [3.63, 3.8) is 0 Å². The first kappa shape index (κ1) is 17.6. The zero-order chi connectivity index (χ0) is 15.7. The number of carbonyl (C=O) groups excluding carboxylic acids is 1. The molecule has 3 unspecified atom stereocenters. The summed E-state index contributed by atoms with van der Waals surface area (Å²) in [5, 5.41) is 13.7. The third-order valence-electron chi connectivity index (χ3n) is 3.16. The Morgan fingerprint density at radius 3 is 2.48 bits per heavy atom. The van der Waals surface area contributed by atoms with Crippen molar-refractivity contribution in [2.24, 2.45) is 5.92 Å². The van der Waals surface area contributed by atoms with E-state index in [0.717, 1.165) is 5.56 Å². The fourth-order valence-electron chi connectivity index (χ4n) is 2.13. The van der Waals surface area contributed by atoms with E-state index in [1.54, 1.807) is 6.92 Å². The maximum absolute atomic E-state index is 11.9. The summed E-state index contributed by atoms with van der Waals surface area (Å²) in [4.78, 5) is 21.5. The molecule has 0 fully saturated rings. The van der Waals surface area contributed by atoms with Crippen LogP contribution in [0.5, 0.6) is 0 Å². The molecular weight excluding hydrogens is 272 g/mol. The van der Waals surface area contributed by atoms with Crippen molar-refractivity contribution in [1.29, 1.82) is 0 Å². The SMILES string of the molecule is CCC(C(=O)OOOCC(C)CC(C)O)c1ccccc1. The lowest BCUT2D eigenvalue weighted by molar-refractivity contribution is -0.489. The highest BCUT2D eigenvalue weighted by molar-refractivity contribution is 5.77. The standard InChI is InChI=1S/C16H24O5/c1-4-15(14-8-6-5-7-9-14)16(18)20-21-19-11-12(2)10-13(3)17/h5-9,12-13,15,17H,4,10-11H2,1-3H3. The summed E-state index contributed by atoms with van der Waals surface area (Å²) in [6.07, 6.45) is 0.817. The van der Waals surface area contributed by atoms with E-state index in [0.29, 0.717) is 12.8 Å². The van der Waals surface area contributed by atoms with E-state index in [9.17, 15) is 9.90 Å². The Hall–Kier alpha value is -1.43. The molecule has 0 saturated carbocycles. The van der Waals surface area contributed by atoms with Crippen molar-refractivity contribution in [2.45, 2.75) is 45.6 Å². The van der Waals surface area contributed by atoms with Gasteiger partial charge in [0.05, 0.1) is 18.6 Å². The van der Waals surface area contributed by atoms with Crippen molar-refractivity contribution >= 4 is 5.97 Å². The van der Waals surface area contributed by atoms with Crippen LogP contribution in [0, 0.1) is 5.92 Å². The molecule has 0 radical (unpaired) electrons. The second-order valence-electron chi connectivity index (χ2n) is 5.32. The van der Waals surface area contributed by atoms with Crippen LogP contribution in [0.1, 0.15) is 45.1 Å². The lowest BCUT2D eigenvalue weighted by Gasteiger charge is -2.14. The number of hydrogen-bond acceptors (Lipinski definition) is 5. The Morgan fingerprint density at radius 1 is 1.24 bits per heavy atom. The van der Waals surface area contributed by atoms with Crippen molar-refractivity contribution in [3.8, 4) is 0 Å². The first-order chi connectivity index (χ1) is 10.0. The van der Waals surface area contributed by atoms with Gasteiger partial charge < -0.3 is 5.11 Å². The van der Waals surface area contributed by atoms with E-state index in [4.69, 9.17) is 4.89 Å². The summed E-state index contributed by atoms with van der Waals surface area (Å²) in [7, 11) is 0. The van der Waals surface area contributed by atoms with Crippen LogP contribution in [-0.4, -0.2) is 23.8 Å². The second-order valence-corrected chi connectivity index (χ2v) is 5.32. The van der Waals surface area contributed by atoms with Crippen molar-refractivity contribution in [2.75, 3.05) is 6.61 Å². The quantitative estimate of drug-likeness (QED) is 0.431. The molecule has 0 spiro atoms. The summed E-state index contributed by atoms with van der Waals surface area (Å²) in [5.41, 5.74) is 0.885. The molecule has 0 aliphatic heterocycles. The van der Waals surface area contributed by atoms with Gasteiger partial charge in [-0.2, -0.15) is 4.89 Å². The average molecular weight is 296 g/mol. The van der Waals surface area contributed by atoms with Crippen LogP contribution in [0.25, 0.3) is 0 Å². The highest BCUT2D eigenvalue weighted by Crippen LogP contribution is 2.20. The van der Waals surface area contributed by atoms with Gasteiger partial charge in [-0.05, 0) is 36.3 Å². The van der Waals surface area contributed by atoms with Crippen LogP contribution in [0.15, 0.2) is 30.3 Å². The van der Waals surface area contributed by atoms with E-state index >= 15 is 0 Å². The average Bonchev–Trinajstić information content (AvgIpc) is 2.45. The van der Waals surface area contributed by atoms with Crippen LogP contribution in [0.3, 0.4) is 0 Å². The molecule has 1 aromatic rings. The molecule has 21 heavy (non-hydrogen) atoms. The maximum Gasteiger partial charge on any atom is 0.353 e. The van der Waals surface area contributed by atoms with Gasteiger partial charge in [-0.1, -0.05) is 44.2 Å².